The van der Waals surface area contributed by atoms with Gasteiger partial charge >= 0.3 is 0 Å². The number of carbonyl (C=O) groups is 1. The third-order valence-corrected chi connectivity index (χ3v) is 6.69. The van der Waals surface area contributed by atoms with Crippen molar-refractivity contribution in [1.29, 1.82) is 0 Å². The van der Waals surface area contributed by atoms with Crippen molar-refractivity contribution in [1.82, 2.24) is 19.5 Å². The Kier molecular flexibility index (Phi) is 6.59. The standard InChI is InChI=1S/C18H24N4O3S2/c1-2-20-27(24,25)17-6-4-15(5-7-17)18(23)22-9-3-8-21(10-11-22)12-16-13-26-14-19-16/h4-7,13-14,20H,2-3,8-12H2,1H3. The van der Waals surface area contributed by atoms with Gasteiger partial charge in [0.05, 0.1) is 16.1 Å². The Morgan fingerprint density at radius 1 is 1.19 bits per heavy atom. The lowest BCUT2D eigenvalue weighted by atomic mass is 10.2. The Hall–Kier alpha value is -1.81. The van der Waals surface area contributed by atoms with Crippen LogP contribution in [0.25, 0.3) is 0 Å². The number of thiazole rings is 1. The lowest BCUT2D eigenvalue weighted by Crippen LogP contribution is -2.35. The number of nitrogens with one attached hydrogen (secondary N) is 1. The van der Waals surface area contributed by atoms with Gasteiger partial charge in [-0.25, -0.2) is 18.1 Å². The van der Waals surface area contributed by atoms with Gasteiger partial charge in [-0.05, 0) is 30.7 Å². The van der Waals surface area contributed by atoms with Crippen LogP contribution >= 0.6 is 11.3 Å². The smallest absolute Gasteiger partial charge is 0.253 e. The van der Waals surface area contributed by atoms with Crippen molar-refractivity contribution in [2.45, 2.75) is 24.8 Å². The van der Waals surface area contributed by atoms with E-state index < -0.39 is 10.0 Å². The van der Waals surface area contributed by atoms with Crippen molar-refractivity contribution in [2.24, 2.45) is 0 Å². The van der Waals surface area contributed by atoms with E-state index in [2.05, 4.69) is 20.0 Å². The predicted octanol–water partition coefficient (Wildman–Crippen LogP) is 1.79. The Morgan fingerprint density at radius 3 is 2.63 bits per heavy atom. The quantitative estimate of drug-likeness (QED) is 0.788. The Morgan fingerprint density at radius 2 is 1.96 bits per heavy atom. The first-order valence-electron chi connectivity index (χ1n) is 8.98. The first kappa shape index (κ1) is 19.9. The van der Waals surface area contributed by atoms with Gasteiger partial charge in [0.25, 0.3) is 5.91 Å². The highest BCUT2D eigenvalue weighted by Gasteiger charge is 2.21. The van der Waals surface area contributed by atoms with Crippen LogP contribution in [-0.2, 0) is 16.6 Å². The van der Waals surface area contributed by atoms with Gasteiger partial charge in [-0.3, -0.25) is 9.69 Å². The molecule has 0 atom stereocenters. The molecule has 0 unspecified atom stereocenters. The number of rotatable bonds is 6. The highest BCUT2D eigenvalue weighted by molar-refractivity contribution is 7.89. The molecule has 9 heteroatoms. The summed E-state index contributed by atoms with van der Waals surface area (Å²) in [6.07, 6.45) is 0.906. The Bertz CT molecular complexity index is 851. The summed E-state index contributed by atoms with van der Waals surface area (Å²) >= 11 is 1.59. The Balaban J connectivity index is 1.62. The predicted molar refractivity (Wildman–Crippen MR) is 105 cm³/mol. The minimum Gasteiger partial charge on any atom is -0.337 e. The van der Waals surface area contributed by atoms with Crippen molar-refractivity contribution in [3.05, 3.63) is 46.4 Å². The summed E-state index contributed by atoms with van der Waals surface area (Å²) in [5.74, 6) is -0.0575. The summed E-state index contributed by atoms with van der Waals surface area (Å²) in [6, 6.07) is 6.14. The third kappa shape index (κ3) is 5.13. The topological polar surface area (TPSA) is 82.6 Å². The van der Waals surface area contributed by atoms with Crippen LogP contribution in [0.4, 0.5) is 0 Å². The molecule has 1 N–H and O–H groups in total. The van der Waals surface area contributed by atoms with Crippen LogP contribution in [0.15, 0.2) is 40.1 Å². The SMILES string of the molecule is CCNS(=O)(=O)c1ccc(C(=O)N2CCCN(Cc3cscn3)CC2)cc1. The van der Waals surface area contributed by atoms with Crippen LogP contribution < -0.4 is 4.72 Å². The van der Waals surface area contributed by atoms with E-state index in [-0.39, 0.29) is 10.8 Å². The van der Waals surface area contributed by atoms with Crippen LogP contribution in [0.2, 0.25) is 0 Å². The van der Waals surface area contributed by atoms with E-state index in [1.54, 1.807) is 30.4 Å². The molecular weight excluding hydrogens is 384 g/mol. The molecule has 1 saturated heterocycles. The van der Waals surface area contributed by atoms with E-state index >= 15 is 0 Å². The molecule has 1 aromatic heterocycles. The second-order valence-electron chi connectivity index (χ2n) is 6.43. The fourth-order valence-electron chi connectivity index (χ4n) is 3.11. The lowest BCUT2D eigenvalue weighted by Gasteiger charge is -2.21. The molecule has 0 bridgehead atoms. The van der Waals surface area contributed by atoms with Gasteiger partial charge < -0.3 is 4.90 Å². The molecular formula is C18H24N4O3S2. The molecule has 7 nitrogen and oxygen atoms in total. The molecule has 1 fully saturated rings. The summed E-state index contributed by atoms with van der Waals surface area (Å²) in [6.45, 7) is 5.95. The summed E-state index contributed by atoms with van der Waals surface area (Å²) in [5, 5.41) is 2.05. The monoisotopic (exact) mass is 408 g/mol. The van der Waals surface area contributed by atoms with E-state index in [1.165, 1.54) is 12.1 Å². The fourth-order valence-corrected chi connectivity index (χ4v) is 4.70. The van der Waals surface area contributed by atoms with E-state index in [4.69, 9.17) is 0 Å². The minimum atomic E-state index is -3.50. The van der Waals surface area contributed by atoms with Gasteiger partial charge in [0.1, 0.15) is 0 Å². The number of benzene rings is 1. The number of nitrogens with zero attached hydrogens (tertiary/aromatic N) is 3. The number of hydrogen-bond acceptors (Lipinski definition) is 6. The van der Waals surface area contributed by atoms with E-state index in [0.717, 1.165) is 31.7 Å². The molecule has 2 heterocycles. The van der Waals surface area contributed by atoms with Crippen molar-refractivity contribution in [3.8, 4) is 0 Å². The van der Waals surface area contributed by atoms with Crippen LogP contribution in [-0.4, -0.2) is 61.8 Å². The van der Waals surface area contributed by atoms with Crippen LogP contribution in [0.5, 0.6) is 0 Å². The van der Waals surface area contributed by atoms with E-state index in [9.17, 15) is 13.2 Å². The highest BCUT2D eigenvalue weighted by Crippen LogP contribution is 2.15. The van der Waals surface area contributed by atoms with Crippen molar-refractivity contribution < 1.29 is 13.2 Å². The van der Waals surface area contributed by atoms with E-state index in [1.807, 2.05) is 10.4 Å². The molecule has 0 spiro atoms. The van der Waals surface area contributed by atoms with Gasteiger partial charge in [0.15, 0.2) is 0 Å². The number of carbonyl (C=O) groups excluding carboxylic acids is 1. The van der Waals surface area contributed by atoms with Crippen molar-refractivity contribution >= 4 is 27.3 Å². The van der Waals surface area contributed by atoms with Crippen LogP contribution in [0.3, 0.4) is 0 Å². The summed E-state index contributed by atoms with van der Waals surface area (Å²) in [5.41, 5.74) is 3.42. The molecule has 27 heavy (non-hydrogen) atoms. The highest BCUT2D eigenvalue weighted by atomic mass is 32.2. The number of sulfonamides is 1. The number of aromatic nitrogens is 1. The van der Waals surface area contributed by atoms with Gasteiger partial charge in [0.2, 0.25) is 10.0 Å². The average molecular weight is 409 g/mol. The zero-order valence-electron chi connectivity index (χ0n) is 15.3. The maximum absolute atomic E-state index is 12.8. The molecule has 0 radical (unpaired) electrons. The van der Waals surface area contributed by atoms with Crippen LogP contribution in [0.1, 0.15) is 29.4 Å². The van der Waals surface area contributed by atoms with Gasteiger partial charge in [0, 0.05) is 50.2 Å². The number of amides is 1. The first-order chi connectivity index (χ1) is 13.0. The second-order valence-corrected chi connectivity index (χ2v) is 8.91. The zero-order chi connectivity index (χ0) is 19.3. The summed E-state index contributed by atoms with van der Waals surface area (Å²) in [4.78, 5) is 21.4. The molecule has 1 aromatic carbocycles. The van der Waals surface area contributed by atoms with E-state index in [0.29, 0.717) is 25.2 Å². The number of hydrogen-bond donors (Lipinski definition) is 1. The fraction of sp³-hybridized carbons (Fsp3) is 0.444. The molecule has 1 aliphatic rings. The average Bonchev–Trinajstić information content (AvgIpc) is 3.05. The van der Waals surface area contributed by atoms with Gasteiger partial charge in [-0.1, -0.05) is 6.92 Å². The van der Waals surface area contributed by atoms with Crippen molar-refractivity contribution in [3.63, 3.8) is 0 Å². The van der Waals surface area contributed by atoms with Gasteiger partial charge in [-0.2, -0.15) is 0 Å². The third-order valence-electron chi connectivity index (χ3n) is 4.49. The first-order valence-corrected chi connectivity index (χ1v) is 11.4. The molecule has 0 aliphatic carbocycles. The largest absolute Gasteiger partial charge is 0.337 e. The molecule has 0 saturated carbocycles. The Labute approximate surface area is 164 Å². The molecule has 2 aromatic rings. The summed E-state index contributed by atoms with van der Waals surface area (Å²) in [7, 11) is -3.50. The second kappa shape index (κ2) is 8.92. The normalized spacial score (nSPS) is 16.3. The lowest BCUT2D eigenvalue weighted by molar-refractivity contribution is 0.0761. The van der Waals surface area contributed by atoms with Crippen molar-refractivity contribution in [2.75, 3.05) is 32.7 Å². The molecule has 3 rings (SSSR count). The molecule has 1 aliphatic heterocycles. The molecule has 146 valence electrons. The summed E-state index contributed by atoms with van der Waals surface area (Å²) < 4.78 is 26.5. The van der Waals surface area contributed by atoms with Crippen LogP contribution in [0, 0.1) is 0 Å². The minimum absolute atomic E-state index is 0.0575. The van der Waals surface area contributed by atoms with Gasteiger partial charge in [-0.15, -0.1) is 11.3 Å². The maximum Gasteiger partial charge on any atom is 0.253 e. The zero-order valence-corrected chi connectivity index (χ0v) is 16.9. The maximum atomic E-state index is 12.8. The molecule has 1 amide bonds.